The van der Waals surface area contributed by atoms with Gasteiger partial charge in [-0.1, -0.05) is 54.6 Å². The standard InChI is InChI=1S/C31H30N2O3/c1-29-28-22(21-10-6-7-11-23(21)32-28)17-31(35-18-19-8-4-3-5-9-19)25-16-20-12-13-24(34)27(36-29)26(20)30(29,31)14-15-33(25)2/h3-13,25,32,34H,14-18H2,1-2H3/t25-,29-,30-,31+/m0/s1. The molecule has 8 rings (SSSR count). The molecule has 5 heteroatoms. The number of benzene rings is 3. The van der Waals surface area contributed by atoms with E-state index in [0.29, 0.717) is 12.4 Å². The van der Waals surface area contributed by atoms with Gasteiger partial charge < -0.3 is 24.5 Å². The number of aromatic hydroxyl groups is 1. The molecule has 0 saturated carbocycles. The lowest BCUT2D eigenvalue weighted by atomic mass is 9.45. The molecule has 0 radical (unpaired) electrons. The largest absolute Gasteiger partial charge is 0.504 e. The van der Waals surface area contributed by atoms with Crippen LogP contribution in [0.25, 0.3) is 10.9 Å². The first-order valence-corrected chi connectivity index (χ1v) is 13.0. The van der Waals surface area contributed by atoms with Crippen molar-refractivity contribution in [2.75, 3.05) is 13.6 Å². The van der Waals surface area contributed by atoms with Crippen LogP contribution in [0.5, 0.6) is 11.5 Å². The van der Waals surface area contributed by atoms with E-state index >= 15 is 0 Å². The average Bonchev–Trinajstić information content (AvgIpc) is 3.40. The van der Waals surface area contributed by atoms with Crippen LogP contribution in [-0.2, 0) is 35.2 Å². The highest BCUT2D eigenvalue weighted by molar-refractivity contribution is 5.86. The van der Waals surface area contributed by atoms with Crippen molar-refractivity contribution in [3.63, 3.8) is 0 Å². The Kier molecular flexibility index (Phi) is 3.90. The van der Waals surface area contributed by atoms with E-state index in [-0.39, 0.29) is 11.8 Å². The van der Waals surface area contributed by atoms with Gasteiger partial charge in [0.05, 0.1) is 17.7 Å². The van der Waals surface area contributed by atoms with Crippen molar-refractivity contribution >= 4 is 10.9 Å². The molecule has 4 aliphatic rings. The third-order valence-electron chi connectivity index (χ3n) is 9.89. The van der Waals surface area contributed by atoms with Crippen LogP contribution in [-0.4, -0.2) is 40.2 Å². The molecular formula is C31H30N2O3. The van der Waals surface area contributed by atoms with E-state index in [9.17, 15) is 5.11 Å². The maximum atomic E-state index is 11.1. The molecule has 2 bridgehead atoms. The lowest BCUT2D eigenvalue weighted by molar-refractivity contribution is -0.228. The van der Waals surface area contributed by atoms with Crippen LogP contribution in [0.1, 0.15) is 41.3 Å². The maximum absolute atomic E-state index is 11.1. The van der Waals surface area contributed by atoms with Crippen LogP contribution >= 0.6 is 0 Å². The van der Waals surface area contributed by atoms with Crippen molar-refractivity contribution in [1.82, 2.24) is 9.88 Å². The van der Waals surface area contributed by atoms with Crippen LogP contribution in [0.15, 0.2) is 66.7 Å². The number of likely N-dealkylation sites (tertiary alicyclic amines) is 1. The van der Waals surface area contributed by atoms with Crippen molar-refractivity contribution in [3.05, 3.63) is 94.7 Å². The van der Waals surface area contributed by atoms with Gasteiger partial charge in [0, 0.05) is 28.9 Å². The maximum Gasteiger partial charge on any atom is 0.166 e. The Morgan fingerprint density at radius 2 is 1.89 bits per heavy atom. The fourth-order valence-corrected chi connectivity index (χ4v) is 8.39. The smallest absolute Gasteiger partial charge is 0.166 e. The number of nitrogens with zero attached hydrogens (tertiary/aromatic N) is 1. The van der Waals surface area contributed by atoms with E-state index in [1.807, 2.05) is 6.07 Å². The van der Waals surface area contributed by atoms with Crippen molar-refractivity contribution in [3.8, 4) is 11.5 Å². The lowest BCUT2D eigenvalue weighted by Crippen LogP contribution is -2.78. The van der Waals surface area contributed by atoms with Gasteiger partial charge in [0.2, 0.25) is 0 Å². The Morgan fingerprint density at radius 3 is 2.75 bits per heavy atom. The van der Waals surface area contributed by atoms with Gasteiger partial charge in [0.15, 0.2) is 17.1 Å². The number of phenolic OH excluding ortho intramolecular Hbond substituents is 1. The molecule has 1 aromatic heterocycles. The van der Waals surface area contributed by atoms with Gasteiger partial charge in [-0.3, -0.25) is 0 Å². The molecule has 4 aromatic rings. The average molecular weight is 479 g/mol. The highest BCUT2D eigenvalue weighted by Crippen LogP contribution is 2.72. The number of hydrogen-bond donors (Lipinski definition) is 2. The first kappa shape index (κ1) is 20.9. The molecule has 3 aromatic carbocycles. The van der Waals surface area contributed by atoms with Gasteiger partial charge >= 0.3 is 0 Å². The van der Waals surface area contributed by atoms with Gasteiger partial charge in [0.25, 0.3) is 0 Å². The number of phenols is 1. The molecule has 0 amide bonds. The summed E-state index contributed by atoms with van der Waals surface area (Å²) in [5.41, 5.74) is 5.57. The summed E-state index contributed by atoms with van der Waals surface area (Å²) in [5.74, 6) is 0.878. The quantitative estimate of drug-likeness (QED) is 0.426. The van der Waals surface area contributed by atoms with E-state index in [2.05, 4.69) is 84.5 Å². The van der Waals surface area contributed by atoms with E-state index < -0.39 is 16.6 Å². The summed E-state index contributed by atoms with van der Waals surface area (Å²) in [6, 6.07) is 23.2. The predicted molar refractivity (Wildman–Crippen MR) is 138 cm³/mol. The number of ether oxygens (including phenoxy) is 2. The number of para-hydroxylation sites is 1. The summed E-state index contributed by atoms with van der Waals surface area (Å²) in [5, 5.41) is 12.3. The number of fused-ring (bicyclic) bond motifs is 4. The van der Waals surface area contributed by atoms with Crippen LogP contribution in [0.2, 0.25) is 0 Å². The molecule has 1 spiro atoms. The van der Waals surface area contributed by atoms with Gasteiger partial charge in [-0.25, -0.2) is 0 Å². The molecule has 1 fully saturated rings. The zero-order valence-electron chi connectivity index (χ0n) is 20.7. The third kappa shape index (κ3) is 2.21. The second kappa shape index (κ2) is 6.72. The number of H-pyrrole nitrogens is 1. The first-order chi connectivity index (χ1) is 17.5. The monoisotopic (exact) mass is 478 g/mol. The summed E-state index contributed by atoms with van der Waals surface area (Å²) >= 11 is 0. The Morgan fingerprint density at radius 1 is 1.08 bits per heavy atom. The van der Waals surface area contributed by atoms with E-state index in [1.165, 1.54) is 27.6 Å². The fourth-order valence-electron chi connectivity index (χ4n) is 8.39. The number of likely N-dealkylation sites (N-methyl/N-ethyl adjacent to an activating group) is 1. The Labute approximate surface area is 210 Å². The summed E-state index contributed by atoms with van der Waals surface area (Å²) < 4.78 is 14.3. The van der Waals surface area contributed by atoms with Crippen LogP contribution in [0.4, 0.5) is 0 Å². The molecule has 0 unspecified atom stereocenters. The minimum atomic E-state index is -0.688. The number of aromatic amines is 1. The van der Waals surface area contributed by atoms with Gasteiger partial charge in [-0.2, -0.15) is 0 Å². The van der Waals surface area contributed by atoms with Crippen LogP contribution < -0.4 is 4.74 Å². The van der Waals surface area contributed by atoms with Crippen molar-refractivity contribution in [2.24, 2.45) is 0 Å². The van der Waals surface area contributed by atoms with E-state index in [0.717, 1.165) is 37.0 Å². The minimum absolute atomic E-state index is 0.197. The summed E-state index contributed by atoms with van der Waals surface area (Å²) in [4.78, 5) is 6.28. The SMILES string of the molecule is CN1CC[C@]23c4c5ccc(O)c4O[C@@]2(C)c2[nH]c4ccccc4c2C[C@@]3(OCc2ccccc2)[C@@H]1C5. The Bertz CT molecular complexity index is 1540. The highest BCUT2D eigenvalue weighted by atomic mass is 16.5. The molecule has 182 valence electrons. The molecule has 3 heterocycles. The number of aromatic nitrogens is 1. The Balaban J connectivity index is 1.46. The van der Waals surface area contributed by atoms with Gasteiger partial charge in [0.1, 0.15) is 5.60 Å². The number of piperidine rings is 1. The second-order valence-electron chi connectivity index (χ2n) is 11.3. The summed E-state index contributed by atoms with van der Waals surface area (Å²) in [6.07, 6.45) is 2.60. The lowest BCUT2D eigenvalue weighted by Gasteiger charge is -2.66. The van der Waals surface area contributed by atoms with Crippen LogP contribution in [0.3, 0.4) is 0 Å². The normalized spacial score (nSPS) is 31.7. The zero-order chi connectivity index (χ0) is 24.3. The summed E-state index contributed by atoms with van der Waals surface area (Å²) in [6.45, 7) is 3.74. The molecule has 2 aliphatic carbocycles. The molecule has 36 heavy (non-hydrogen) atoms. The number of nitrogens with one attached hydrogen (secondary N) is 1. The van der Waals surface area contributed by atoms with Crippen molar-refractivity contribution in [2.45, 2.75) is 55.5 Å². The minimum Gasteiger partial charge on any atom is -0.504 e. The first-order valence-electron chi connectivity index (χ1n) is 13.0. The van der Waals surface area contributed by atoms with Crippen molar-refractivity contribution < 1.29 is 14.6 Å². The Hall–Kier alpha value is -3.28. The summed E-state index contributed by atoms with van der Waals surface area (Å²) in [7, 11) is 2.25. The fraction of sp³-hybridized carbons (Fsp3) is 0.355. The molecule has 4 atom stereocenters. The van der Waals surface area contributed by atoms with E-state index in [1.54, 1.807) is 0 Å². The molecule has 5 nitrogen and oxygen atoms in total. The zero-order valence-corrected chi connectivity index (χ0v) is 20.7. The predicted octanol–water partition coefficient (Wildman–Crippen LogP) is 5.19. The number of rotatable bonds is 3. The molecule has 2 aliphatic heterocycles. The van der Waals surface area contributed by atoms with E-state index in [4.69, 9.17) is 9.47 Å². The highest BCUT2D eigenvalue weighted by Gasteiger charge is 2.78. The van der Waals surface area contributed by atoms with Crippen LogP contribution in [0, 0.1) is 0 Å². The van der Waals surface area contributed by atoms with Crippen molar-refractivity contribution in [1.29, 1.82) is 0 Å². The third-order valence-corrected chi connectivity index (χ3v) is 9.89. The molecule has 2 N–H and O–H groups in total. The van der Waals surface area contributed by atoms with Gasteiger partial charge in [-0.05, 0) is 62.2 Å². The molecular weight excluding hydrogens is 448 g/mol. The molecule has 1 saturated heterocycles. The van der Waals surface area contributed by atoms with Gasteiger partial charge in [-0.15, -0.1) is 0 Å². The topological polar surface area (TPSA) is 57.7 Å². The number of hydrogen-bond acceptors (Lipinski definition) is 4. The second-order valence-corrected chi connectivity index (χ2v) is 11.3.